The maximum atomic E-state index is 8.35. The number of nitrogens with zero attached hydrogens (tertiary/aromatic N) is 2. The van der Waals surface area contributed by atoms with Gasteiger partial charge in [-0.1, -0.05) is 59.6 Å². The largest absolute Gasteiger partial charge is 0.198 e. The van der Waals surface area contributed by atoms with Crippen LogP contribution in [-0.4, -0.2) is 0 Å². The minimum absolute atomic E-state index is 0.372. The summed E-state index contributed by atoms with van der Waals surface area (Å²) < 4.78 is 0. The third kappa shape index (κ3) is 5.76. The number of rotatable bonds is 2. The first-order valence-electron chi connectivity index (χ1n) is 5.89. The Labute approximate surface area is 128 Å². The quantitative estimate of drug-likeness (QED) is 0.799. The molecule has 0 aliphatic carbocycles. The van der Waals surface area contributed by atoms with Gasteiger partial charge in [-0.3, -0.25) is 0 Å². The SMILES string of the molecule is N#CCc1ccc(Cl)c(Cl)c1.N#CCc1ccccc1. The minimum atomic E-state index is 0.372. The van der Waals surface area contributed by atoms with E-state index < -0.39 is 0 Å². The van der Waals surface area contributed by atoms with Crippen molar-refractivity contribution in [3.05, 3.63) is 69.7 Å². The second-order valence-corrected chi connectivity index (χ2v) is 4.72. The first kappa shape index (κ1) is 16.1. The van der Waals surface area contributed by atoms with Crippen molar-refractivity contribution in [2.75, 3.05) is 0 Å². The van der Waals surface area contributed by atoms with Crippen LogP contribution in [0.3, 0.4) is 0 Å². The number of hydrogen-bond acceptors (Lipinski definition) is 2. The molecule has 2 rings (SSSR count). The molecule has 0 aliphatic heterocycles. The summed E-state index contributed by atoms with van der Waals surface area (Å²) in [4.78, 5) is 0. The van der Waals surface area contributed by atoms with E-state index in [1.807, 2.05) is 36.4 Å². The van der Waals surface area contributed by atoms with Crippen molar-refractivity contribution in [2.24, 2.45) is 0 Å². The lowest BCUT2D eigenvalue weighted by Gasteiger charge is -1.96. The average molecular weight is 303 g/mol. The van der Waals surface area contributed by atoms with Gasteiger partial charge in [0.15, 0.2) is 0 Å². The van der Waals surface area contributed by atoms with Crippen LogP contribution >= 0.6 is 23.2 Å². The van der Waals surface area contributed by atoms with E-state index in [-0.39, 0.29) is 0 Å². The fourth-order valence-electron chi connectivity index (χ4n) is 1.43. The molecule has 2 nitrogen and oxygen atoms in total. The zero-order valence-electron chi connectivity index (χ0n) is 10.7. The molecule has 0 bridgehead atoms. The number of halogens is 2. The van der Waals surface area contributed by atoms with Crippen molar-refractivity contribution in [1.82, 2.24) is 0 Å². The highest BCUT2D eigenvalue weighted by Gasteiger charge is 1.97. The van der Waals surface area contributed by atoms with Crippen molar-refractivity contribution in [3.63, 3.8) is 0 Å². The Morgan fingerprint density at radius 3 is 1.90 bits per heavy atom. The van der Waals surface area contributed by atoms with Gasteiger partial charge in [-0.2, -0.15) is 10.5 Å². The lowest BCUT2D eigenvalue weighted by molar-refractivity contribution is 1.26. The first-order chi connectivity index (χ1) is 9.67. The van der Waals surface area contributed by atoms with E-state index in [0.29, 0.717) is 22.9 Å². The Bertz CT molecular complexity index is 625. The van der Waals surface area contributed by atoms with E-state index in [1.165, 1.54) is 0 Å². The fourth-order valence-corrected chi connectivity index (χ4v) is 1.75. The van der Waals surface area contributed by atoms with Crippen molar-refractivity contribution in [2.45, 2.75) is 12.8 Å². The van der Waals surface area contributed by atoms with Crippen molar-refractivity contribution in [3.8, 4) is 12.1 Å². The van der Waals surface area contributed by atoms with Gasteiger partial charge in [-0.25, -0.2) is 0 Å². The monoisotopic (exact) mass is 302 g/mol. The molecule has 2 aromatic carbocycles. The van der Waals surface area contributed by atoms with Gasteiger partial charge in [0.1, 0.15) is 0 Å². The van der Waals surface area contributed by atoms with Gasteiger partial charge >= 0.3 is 0 Å². The van der Waals surface area contributed by atoms with E-state index in [4.69, 9.17) is 33.7 Å². The van der Waals surface area contributed by atoms with E-state index in [2.05, 4.69) is 6.07 Å². The van der Waals surface area contributed by atoms with Crippen LogP contribution in [0, 0.1) is 22.7 Å². The zero-order valence-corrected chi connectivity index (χ0v) is 12.2. The highest BCUT2D eigenvalue weighted by molar-refractivity contribution is 6.42. The molecule has 0 aliphatic rings. The lowest BCUT2D eigenvalue weighted by Crippen LogP contribution is -1.80. The van der Waals surface area contributed by atoms with Crippen LogP contribution in [-0.2, 0) is 12.8 Å². The van der Waals surface area contributed by atoms with Gasteiger partial charge in [0, 0.05) is 0 Å². The molecule has 4 heteroatoms. The summed E-state index contributed by atoms with van der Waals surface area (Å²) in [6.07, 6.45) is 0.887. The molecular formula is C16H12Cl2N2. The third-order valence-electron chi connectivity index (χ3n) is 2.39. The van der Waals surface area contributed by atoms with Gasteiger partial charge in [-0.15, -0.1) is 0 Å². The van der Waals surface area contributed by atoms with Gasteiger partial charge in [0.2, 0.25) is 0 Å². The van der Waals surface area contributed by atoms with Gasteiger partial charge in [0.05, 0.1) is 35.0 Å². The minimum Gasteiger partial charge on any atom is -0.198 e. The molecule has 0 aromatic heterocycles. The molecular weight excluding hydrogens is 291 g/mol. The normalized spacial score (nSPS) is 8.80. The third-order valence-corrected chi connectivity index (χ3v) is 3.13. The highest BCUT2D eigenvalue weighted by Crippen LogP contribution is 2.22. The maximum Gasteiger partial charge on any atom is 0.0669 e. The summed E-state index contributed by atoms with van der Waals surface area (Å²) in [5.41, 5.74) is 1.97. The van der Waals surface area contributed by atoms with E-state index in [9.17, 15) is 0 Å². The Hall–Kier alpha value is -2.00. The number of nitriles is 2. The van der Waals surface area contributed by atoms with Crippen LogP contribution in [0.25, 0.3) is 0 Å². The standard InChI is InChI=1S/C8H5Cl2N.C8H7N/c9-7-2-1-6(3-4-11)5-8(7)10;9-7-6-8-4-2-1-3-5-8/h1-2,5H,3H2;1-5H,6H2. The van der Waals surface area contributed by atoms with E-state index in [1.54, 1.807) is 18.2 Å². The molecule has 0 unspecified atom stereocenters. The van der Waals surface area contributed by atoms with Gasteiger partial charge < -0.3 is 0 Å². The van der Waals surface area contributed by atoms with Crippen LogP contribution in [0.15, 0.2) is 48.5 Å². The van der Waals surface area contributed by atoms with Crippen LogP contribution < -0.4 is 0 Å². The summed E-state index contributed by atoms with van der Waals surface area (Å²) >= 11 is 11.4. The van der Waals surface area contributed by atoms with Crippen molar-refractivity contribution < 1.29 is 0 Å². The van der Waals surface area contributed by atoms with Crippen LogP contribution in [0.4, 0.5) is 0 Å². The average Bonchev–Trinajstić information content (AvgIpc) is 2.46. The van der Waals surface area contributed by atoms with Crippen LogP contribution in [0.5, 0.6) is 0 Å². The Morgan fingerprint density at radius 2 is 1.35 bits per heavy atom. The van der Waals surface area contributed by atoms with Gasteiger partial charge in [-0.05, 0) is 23.3 Å². The predicted octanol–water partition coefficient (Wildman–Crippen LogP) is 4.81. The highest BCUT2D eigenvalue weighted by atomic mass is 35.5. The number of benzene rings is 2. The summed E-state index contributed by atoms with van der Waals surface area (Å²) in [5, 5.41) is 17.6. The lowest BCUT2D eigenvalue weighted by atomic mass is 10.2. The maximum absolute atomic E-state index is 8.35. The molecule has 20 heavy (non-hydrogen) atoms. The molecule has 0 radical (unpaired) electrons. The molecule has 0 heterocycles. The van der Waals surface area contributed by atoms with Crippen LogP contribution in [0.1, 0.15) is 11.1 Å². The Balaban J connectivity index is 0.000000204. The zero-order chi connectivity index (χ0) is 14.8. The number of hydrogen-bond donors (Lipinski definition) is 0. The summed E-state index contributed by atoms with van der Waals surface area (Å²) in [5.74, 6) is 0. The van der Waals surface area contributed by atoms with Gasteiger partial charge in [0.25, 0.3) is 0 Å². The van der Waals surface area contributed by atoms with Crippen LogP contribution in [0.2, 0.25) is 10.0 Å². The first-order valence-corrected chi connectivity index (χ1v) is 6.64. The topological polar surface area (TPSA) is 47.6 Å². The molecule has 0 saturated heterocycles. The fraction of sp³-hybridized carbons (Fsp3) is 0.125. The molecule has 0 N–H and O–H groups in total. The van der Waals surface area contributed by atoms with E-state index >= 15 is 0 Å². The van der Waals surface area contributed by atoms with E-state index in [0.717, 1.165) is 11.1 Å². The summed E-state index contributed by atoms with van der Waals surface area (Å²) in [6.45, 7) is 0. The Morgan fingerprint density at radius 1 is 0.750 bits per heavy atom. The molecule has 0 atom stereocenters. The molecule has 0 amide bonds. The Kier molecular flexibility index (Phi) is 7.22. The van der Waals surface area contributed by atoms with Crippen molar-refractivity contribution in [1.29, 1.82) is 10.5 Å². The summed E-state index contributed by atoms with van der Waals surface area (Å²) in [7, 11) is 0. The second kappa shape index (κ2) is 8.99. The molecule has 0 fully saturated rings. The smallest absolute Gasteiger partial charge is 0.0669 e. The molecule has 0 spiro atoms. The summed E-state index contributed by atoms with van der Waals surface area (Å²) in [6, 6.07) is 19.0. The van der Waals surface area contributed by atoms with Crippen molar-refractivity contribution >= 4 is 23.2 Å². The second-order valence-electron chi connectivity index (χ2n) is 3.90. The molecule has 100 valence electrons. The predicted molar refractivity (Wildman–Crippen MR) is 81.5 cm³/mol. The molecule has 2 aromatic rings. The molecule has 0 saturated carbocycles.